The van der Waals surface area contributed by atoms with Gasteiger partial charge in [-0.2, -0.15) is 0 Å². The quantitative estimate of drug-likeness (QED) is 0.509. The van der Waals surface area contributed by atoms with Crippen LogP contribution in [0.1, 0.15) is 35.7 Å². The first-order valence-corrected chi connectivity index (χ1v) is 12.1. The van der Waals surface area contributed by atoms with Gasteiger partial charge in [-0.3, -0.25) is 4.79 Å². The van der Waals surface area contributed by atoms with Gasteiger partial charge in [0.15, 0.2) is 9.84 Å². The molecule has 2 aromatic carbocycles. The van der Waals surface area contributed by atoms with Crippen molar-refractivity contribution in [1.82, 2.24) is 4.57 Å². The smallest absolute Gasteiger partial charge is 0.257 e. The number of aromatic nitrogens is 1. The second-order valence-electron chi connectivity index (χ2n) is 7.58. The van der Waals surface area contributed by atoms with Gasteiger partial charge >= 0.3 is 0 Å². The zero-order valence-electron chi connectivity index (χ0n) is 18.3. The van der Waals surface area contributed by atoms with E-state index in [1.54, 1.807) is 18.3 Å². The van der Waals surface area contributed by atoms with E-state index >= 15 is 0 Å². The van der Waals surface area contributed by atoms with Gasteiger partial charge in [-0.1, -0.05) is 25.5 Å². The first-order chi connectivity index (χ1) is 14.7. The van der Waals surface area contributed by atoms with E-state index in [0.717, 1.165) is 41.7 Å². The molecule has 1 N–H and O–H groups in total. The van der Waals surface area contributed by atoms with Crippen LogP contribution in [0.4, 0.5) is 5.69 Å². The molecule has 0 unspecified atom stereocenters. The second kappa shape index (κ2) is 9.39. The van der Waals surface area contributed by atoms with Crippen molar-refractivity contribution in [1.29, 1.82) is 0 Å². The molecule has 6 nitrogen and oxygen atoms in total. The second-order valence-corrected chi connectivity index (χ2v) is 9.59. The van der Waals surface area contributed by atoms with Crippen molar-refractivity contribution in [3.8, 4) is 17.0 Å². The Labute approximate surface area is 183 Å². The largest absolute Gasteiger partial charge is 0.493 e. The number of aryl methyl sites for hydroxylation is 1. The van der Waals surface area contributed by atoms with E-state index in [1.165, 1.54) is 12.1 Å². The fourth-order valence-electron chi connectivity index (χ4n) is 3.47. The number of para-hydroxylation sites is 1. The lowest BCUT2D eigenvalue weighted by molar-refractivity contribution is 0.102. The van der Waals surface area contributed by atoms with Gasteiger partial charge in [0.25, 0.3) is 5.91 Å². The van der Waals surface area contributed by atoms with Crippen molar-refractivity contribution in [2.45, 2.75) is 31.6 Å². The molecule has 0 fully saturated rings. The number of hydrogen-bond donors (Lipinski definition) is 1. The fourth-order valence-corrected chi connectivity index (χ4v) is 4.10. The molecule has 0 aliphatic heterocycles. The summed E-state index contributed by atoms with van der Waals surface area (Å²) in [4.78, 5) is 13.1. The van der Waals surface area contributed by atoms with Crippen molar-refractivity contribution >= 4 is 21.4 Å². The Morgan fingerprint density at radius 3 is 2.42 bits per heavy atom. The molecule has 1 heterocycles. The Morgan fingerprint density at radius 2 is 1.77 bits per heavy atom. The minimum absolute atomic E-state index is 0.211. The maximum atomic E-state index is 12.9. The predicted molar refractivity (Wildman–Crippen MR) is 123 cm³/mol. The number of anilines is 1. The highest BCUT2D eigenvalue weighted by atomic mass is 32.2. The Morgan fingerprint density at radius 1 is 1.10 bits per heavy atom. The topological polar surface area (TPSA) is 77.4 Å². The van der Waals surface area contributed by atoms with Crippen LogP contribution < -0.4 is 10.1 Å². The van der Waals surface area contributed by atoms with E-state index in [1.807, 2.05) is 42.8 Å². The number of carbonyl (C=O) groups excluding carboxylic acids is 1. The summed E-state index contributed by atoms with van der Waals surface area (Å²) >= 11 is 0. The number of benzene rings is 2. The summed E-state index contributed by atoms with van der Waals surface area (Å²) in [7, 11) is -1.37. The Bertz CT molecular complexity index is 1180. The molecule has 31 heavy (non-hydrogen) atoms. The van der Waals surface area contributed by atoms with E-state index in [9.17, 15) is 13.2 Å². The highest BCUT2D eigenvalue weighted by Crippen LogP contribution is 2.34. The summed E-state index contributed by atoms with van der Waals surface area (Å²) in [5, 5.41) is 2.85. The summed E-state index contributed by atoms with van der Waals surface area (Å²) in [6.45, 7) is 4.68. The lowest BCUT2D eigenvalue weighted by Crippen LogP contribution is -2.12. The summed E-state index contributed by atoms with van der Waals surface area (Å²) in [5.41, 5.74) is 3.79. The molecule has 0 saturated heterocycles. The van der Waals surface area contributed by atoms with Gasteiger partial charge in [0.05, 0.1) is 22.8 Å². The van der Waals surface area contributed by atoms with Crippen LogP contribution in [0.15, 0.2) is 59.6 Å². The van der Waals surface area contributed by atoms with Crippen molar-refractivity contribution in [2.24, 2.45) is 7.05 Å². The lowest BCUT2D eigenvalue weighted by atomic mass is 10.0. The summed E-state index contributed by atoms with van der Waals surface area (Å²) in [6.07, 6.45) is 4.99. The number of hydrogen-bond acceptors (Lipinski definition) is 4. The maximum Gasteiger partial charge on any atom is 0.257 e. The van der Waals surface area contributed by atoms with E-state index < -0.39 is 9.84 Å². The van der Waals surface area contributed by atoms with Crippen LogP contribution in [0.25, 0.3) is 11.3 Å². The molecule has 0 atom stereocenters. The SMILES string of the molecule is CCCCOc1ccccc1-c1c(C)c(C(=O)Nc2ccc(S(C)(=O)=O)cc2)cn1C. The number of rotatable bonds is 8. The highest BCUT2D eigenvalue weighted by Gasteiger charge is 2.20. The van der Waals surface area contributed by atoms with Crippen LogP contribution in [-0.4, -0.2) is 31.8 Å². The number of unbranched alkanes of at least 4 members (excludes halogenated alkanes) is 1. The maximum absolute atomic E-state index is 12.9. The van der Waals surface area contributed by atoms with Crippen LogP contribution in [0, 0.1) is 6.92 Å². The van der Waals surface area contributed by atoms with E-state index in [-0.39, 0.29) is 10.8 Å². The standard InChI is InChI=1S/C24H28N2O4S/c1-5-6-15-30-22-10-8-7-9-20(22)23-17(2)21(16-26(23)3)24(27)25-18-11-13-19(14-12-18)31(4,28)29/h7-14,16H,5-6,15H2,1-4H3,(H,25,27). The first kappa shape index (κ1) is 22.6. The molecule has 3 rings (SSSR count). The molecule has 3 aromatic rings. The lowest BCUT2D eigenvalue weighted by Gasteiger charge is -2.13. The van der Waals surface area contributed by atoms with E-state index in [0.29, 0.717) is 17.9 Å². The van der Waals surface area contributed by atoms with Gasteiger partial charge < -0.3 is 14.6 Å². The summed E-state index contributed by atoms with van der Waals surface area (Å²) in [5.74, 6) is 0.541. The zero-order chi connectivity index (χ0) is 22.6. The molecule has 0 bridgehead atoms. The van der Waals surface area contributed by atoms with Gasteiger partial charge in [0.2, 0.25) is 0 Å². The number of amides is 1. The molecule has 1 amide bonds. The normalized spacial score (nSPS) is 11.4. The molecule has 0 aliphatic carbocycles. The molecular formula is C24H28N2O4S. The average Bonchev–Trinajstić information content (AvgIpc) is 3.02. The van der Waals surface area contributed by atoms with Gasteiger partial charge in [-0.15, -0.1) is 0 Å². The molecule has 0 aliphatic rings. The molecular weight excluding hydrogens is 412 g/mol. The fraction of sp³-hybridized carbons (Fsp3) is 0.292. The summed E-state index contributed by atoms with van der Waals surface area (Å²) < 4.78 is 31.1. The van der Waals surface area contributed by atoms with E-state index in [4.69, 9.17) is 4.74 Å². The molecule has 0 saturated carbocycles. The van der Waals surface area contributed by atoms with Crippen LogP contribution in [-0.2, 0) is 16.9 Å². The molecule has 0 radical (unpaired) electrons. The number of sulfone groups is 1. The van der Waals surface area contributed by atoms with Crippen molar-refractivity contribution in [2.75, 3.05) is 18.2 Å². The zero-order valence-corrected chi connectivity index (χ0v) is 19.1. The third-order valence-electron chi connectivity index (χ3n) is 5.12. The Kier molecular flexibility index (Phi) is 6.85. The number of nitrogens with zero attached hydrogens (tertiary/aromatic N) is 1. The number of nitrogens with one attached hydrogen (secondary N) is 1. The van der Waals surface area contributed by atoms with Crippen LogP contribution in [0.2, 0.25) is 0 Å². The average molecular weight is 441 g/mol. The third kappa shape index (κ3) is 5.17. The highest BCUT2D eigenvalue weighted by molar-refractivity contribution is 7.90. The van der Waals surface area contributed by atoms with Gasteiger partial charge in [-0.05, 0) is 55.3 Å². The van der Waals surface area contributed by atoms with Gasteiger partial charge in [0, 0.05) is 30.8 Å². The van der Waals surface area contributed by atoms with Gasteiger partial charge in [-0.25, -0.2) is 8.42 Å². The molecule has 0 spiro atoms. The first-order valence-electron chi connectivity index (χ1n) is 10.2. The van der Waals surface area contributed by atoms with E-state index in [2.05, 4.69) is 12.2 Å². The third-order valence-corrected chi connectivity index (χ3v) is 6.25. The Balaban J connectivity index is 1.87. The monoisotopic (exact) mass is 440 g/mol. The minimum Gasteiger partial charge on any atom is -0.493 e. The number of carbonyl (C=O) groups is 1. The molecule has 7 heteroatoms. The Hall–Kier alpha value is -3.06. The molecule has 164 valence electrons. The van der Waals surface area contributed by atoms with Crippen LogP contribution in [0.3, 0.4) is 0 Å². The molecule has 1 aromatic heterocycles. The van der Waals surface area contributed by atoms with Gasteiger partial charge in [0.1, 0.15) is 5.75 Å². The van der Waals surface area contributed by atoms with Crippen molar-refractivity contribution in [3.05, 3.63) is 65.9 Å². The van der Waals surface area contributed by atoms with Crippen LogP contribution >= 0.6 is 0 Å². The summed E-state index contributed by atoms with van der Waals surface area (Å²) in [6, 6.07) is 14.0. The van der Waals surface area contributed by atoms with Crippen molar-refractivity contribution < 1.29 is 17.9 Å². The van der Waals surface area contributed by atoms with Crippen molar-refractivity contribution in [3.63, 3.8) is 0 Å². The van der Waals surface area contributed by atoms with Crippen LogP contribution in [0.5, 0.6) is 5.75 Å². The predicted octanol–water partition coefficient (Wildman–Crippen LogP) is 4.84. The number of ether oxygens (including phenoxy) is 1. The minimum atomic E-state index is -3.28.